The van der Waals surface area contributed by atoms with Crippen molar-refractivity contribution in [2.24, 2.45) is 13.0 Å². The predicted octanol–water partition coefficient (Wildman–Crippen LogP) is 5.76. The molecule has 0 aliphatic carbocycles. The Bertz CT molecular complexity index is 1360. The highest BCUT2D eigenvalue weighted by atomic mass is 32.2. The summed E-state index contributed by atoms with van der Waals surface area (Å²) in [7, 11) is -0.651. The Morgan fingerprint density at radius 3 is 1.68 bits per heavy atom. The number of β-lactam (4-membered cyclic amide) rings is 1. The molecule has 1 aliphatic rings. The lowest BCUT2D eigenvalue weighted by atomic mass is 9.84. The van der Waals surface area contributed by atoms with Crippen LogP contribution in [0, 0.1) is 5.92 Å². The second-order valence-corrected chi connectivity index (χ2v) is 18.4. The Hall–Kier alpha value is -3.27. The van der Waals surface area contributed by atoms with Crippen molar-refractivity contribution in [3.8, 4) is 0 Å². The van der Waals surface area contributed by atoms with Gasteiger partial charge in [0.15, 0.2) is 14.1 Å². The number of aliphatic hydroxyl groups is 1. The fourth-order valence-electron chi connectivity index (χ4n) is 5.41. The van der Waals surface area contributed by atoms with Crippen LogP contribution in [0.2, 0.25) is 18.1 Å². The third-order valence-electron chi connectivity index (χ3n) is 8.62. The summed E-state index contributed by atoms with van der Waals surface area (Å²) >= 11 is 1.73. The van der Waals surface area contributed by atoms with Crippen LogP contribution in [0.25, 0.3) is 0 Å². The third kappa shape index (κ3) is 4.59. The average molecular weight is 572 g/mol. The van der Waals surface area contributed by atoms with Crippen LogP contribution in [-0.4, -0.2) is 49.4 Å². The third-order valence-corrected chi connectivity index (χ3v) is 16.0. The van der Waals surface area contributed by atoms with Crippen molar-refractivity contribution in [1.29, 1.82) is 0 Å². The lowest BCUT2D eigenvalue weighted by Crippen LogP contribution is -2.73. The van der Waals surface area contributed by atoms with E-state index in [4.69, 9.17) is 0 Å². The first kappa shape index (κ1) is 28.3. The molecule has 1 fully saturated rings. The smallest absolute Gasteiger partial charge is 0.224 e. The van der Waals surface area contributed by atoms with E-state index in [1.54, 1.807) is 18.8 Å². The summed E-state index contributed by atoms with van der Waals surface area (Å²) in [6, 6.07) is 31.4. The van der Waals surface area contributed by atoms with Gasteiger partial charge in [-0.2, -0.15) is 0 Å². The van der Waals surface area contributed by atoms with Crippen molar-refractivity contribution < 1.29 is 9.90 Å². The zero-order valence-corrected chi connectivity index (χ0v) is 25.7. The molecule has 3 atom stereocenters. The van der Waals surface area contributed by atoms with E-state index in [1.807, 2.05) is 18.2 Å². The van der Waals surface area contributed by atoms with Crippen LogP contribution in [0.3, 0.4) is 0 Å². The van der Waals surface area contributed by atoms with E-state index in [0.29, 0.717) is 5.82 Å². The molecule has 208 valence electrons. The molecule has 9 heteroatoms. The second-order valence-electron chi connectivity index (χ2n) is 11.9. The molecule has 3 aromatic carbocycles. The number of benzene rings is 3. The molecule has 7 nitrogen and oxygen atoms in total. The number of aryl methyl sites for hydroxylation is 1. The average Bonchev–Trinajstić information content (AvgIpc) is 3.37. The van der Waals surface area contributed by atoms with E-state index in [2.05, 4.69) is 127 Å². The van der Waals surface area contributed by atoms with Crippen LogP contribution in [0.5, 0.6) is 0 Å². The lowest BCUT2D eigenvalue weighted by molar-refractivity contribution is -0.150. The monoisotopic (exact) mass is 571 g/mol. The predicted molar refractivity (Wildman–Crippen MR) is 162 cm³/mol. The number of hydrogen-bond donors (Lipinski definition) is 1. The number of rotatable bonds is 8. The molecule has 0 radical (unpaired) electrons. The largest absolute Gasteiger partial charge is 0.384 e. The van der Waals surface area contributed by atoms with Crippen molar-refractivity contribution >= 4 is 25.9 Å². The number of tetrazole rings is 1. The van der Waals surface area contributed by atoms with Gasteiger partial charge in [-0.15, -0.1) is 16.9 Å². The minimum Gasteiger partial charge on any atom is -0.384 e. The van der Waals surface area contributed by atoms with Crippen LogP contribution < -0.4 is 0 Å². The van der Waals surface area contributed by atoms with Gasteiger partial charge in [0.05, 0.1) is 16.0 Å². The number of nitrogens with zero attached hydrogens (tertiary/aromatic N) is 5. The normalized spacial score (nSPS) is 18.9. The molecule has 1 amide bonds. The molecule has 4 aromatic rings. The van der Waals surface area contributed by atoms with Crippen LogP contribution in [-0.2, 0) is 16.6 Å². The van der Waals surface area contributed by atoms with Gasteiger partial charge in [0.1, 0.15) is 6.10 Å². The molecule has 40 heavy (non-hydrogen) atoms. The number of hydrogen-bond acceptors (Lipinski definition) is 6. The van der Waals surface area contributed by atoms with Gasteiger partial charge in [-0.3, -0.25) is 4.79 Å². The summed E-state index contributed by atoms with van der Waals surface area (Å²) in [4.78, 5) is 14.1. The fraction of sp³-hybridized carbons (Fsp3) is 0.355. The van der Waals surface area contributed by atoms with Crippen LogP contribution >= 0.6 is 11.8 Å². The second kappa shape index (κ2) is 10.6. The number of amides is 1. The topological polar surface area (TPSA) is 84.1 Å². The van der Waals surface area contributed by atoms with Gasteiger partial charge in [-0.05, 0) is 32.2 Å². The summed E-state index contributed by atoms with van der Waals surface area (Å²) in [6.07, 6.45) is -1.13. The van der Waals surface area contributed by atoms with Gasteiger partial charge in [0.2, 0.25) is 5.91 Å². The first-order valence-corrected chi connectivity index (χ1v) is 17.4. The van der Waals surface area contributed by atoms with Crippen LogP contribution in [0.15, 0.2) is 91.0 Å². The summed E-state index contributed by atoms with van der Waals surface area (Å²) in [6.45, 7) is 11.1. The molecule has 1 aliphatic heterocycles. The van der Waals surface area contributed by atoms with Crippen LogP contribution in [0.1, 0.15) is 49.4 Å². The van der Waals surface area contributed by atoms with Gasteiger partial charge >= 0.3 is 0 Å². The molecule has 5 rings (SSSR count). The maximum absolute atomic E-state index is 14.1. The Morgan fingerprint density at radius 2 is 1.30 bits per heavy atom. The lowest BCUT2D eigenvalue weighted by Gasteiger charge is -2.60. The quantitative estimate of drug-likeness (QED) is 0.165. The maximum atomic E-state index is 14.1. The van der Waals surface area contributed by atoms with E-state index >= 15 is 0 Å². The first-order valence-electron chi connectivity index (χ1n) is 13.6. The zero-order chi connectivity index (χ0) is 28.7. The molecular weight excluding hydrogens is 535 g/mol. The number of aliphatic hydroxyl groups excluding tert-OH is 1. The highest BCUT2D eigenvalue weighted by Gasteiger charge is 2.62. The Labute approximate surface area is 241 Å². The maximum Gasteiger partial charge on any atom is 0.224 e. The van der Waals surface area contributed by atoms with Gasteiger partial charge in [0, 0.05) is 7.05 Å². The van der Waals surface area contributed by atoms with Gasteiger partial charge in [-0.1, -0.05) is 125 Å². The van der Waals surface area contributed by atoms with Crippen molar-refractivity contribution in [3.05, 3.63) is 114 Å². The molecule has 0 bridgehead atoms. The highest BCUT2D eigenvalue weighted by Crippen LogP contribution is 2.58. The van der Waals surface area contributed by atoms with E-state index in [0.717, 1.165) is 16.7 Å². The molecular formula is C31H37N5O2SSi. The van der Waals surface area contributed by atoms with Crippen molar-refractivity contribution in [2.45, 2.75) is 55.1 Å². The molecule has 0 saturated carbocycles. The first-order chi connectivity index (χ1) is 19.0. The minimum atomic E-state index is -2.34. The Morgan fingerprint density at radius 1 is 0.850 bits per heavy atom. The van der Waals surface area contributed by atoms with E-state index < -0.39 is 25.0 Å². The Balaban J connectivity index is 1.73. The van der Waals surface area contributed by atoms with Crippen LogP contribution in [0.4, 0.5) is 0 Å². The zero-order valence-electron chi connectivity index (χ0n) is 23.9. The van der Waals surface area contributed by atoms with Crippen molar-refractivity contribution in [3.63, 3.8) is 0 Å². The van der Waals surface area contributed by atoms with Gasteiger partial charge in [-0.25, -0.2) is 4.68 Å². The van der Waals surface area contributed by atoms with Crippen molar-refractivity contribution in [2.75, 3.05) is 0 Å². The summed E-state index contributed by atoms with van der Waals surface area (Å²) in [5, 5.41) is 23.0. The standard InChI is InChI=1S/C31H37N5O2SSi/c1-30(2,3)40(5,6)36-28(38)25(26(37)27-32-33-34-35(27)4)29(36)39-31(22-16-10-7-11-17-22,23-18-12-8-13-19-23)24-20-14-9-15-21-24/h7-21,25-26,29,37H,1-6H3. The number of aromatic nitrogens is 4. The van der Waals surface area contributed by atoms with E-state index in [9.17, 15) is 9.90 Å². The molecule has 2 heterocycles. The summed E-state index contributed by atoms with van der Waals surface area (Å²) in [5.74, 6) is -0.439. The number of carbonyl (C=O) groups excluding carboxylic acids is 1. The van der Waals surface area contributed by atoms with Crippen molar-refractivity contribution in [1.82, 2.24) is 24.8 Å². The molecule has 0 spiro atoms. The molecule has 1 aromatic heterocycles. The van der Waals surface area contributed by atoms with E-state index in [-0.39, 0.29) is 16.3 Å². The van der Waals surface area contributed by atoms with E-state index in [1.165, 1.54) is 4.68 Å². The number of carbonyl (C=O) groups is 1. The molecule has 3 unspecified atom stereocenters. The SMILES string of the molecule is Cn1nnnc1C(O)C1C(=O)N([Si](C)(C)C(C)(C)C)C1SC(c1ccccc1)(c1ccccc1)c1ccccc1. The molecule has 1 N–H and O–H groups in total. The fourth-order valence-corrected chi connectivity index (χ4v) is 10.4. The summed E-state index contributed by atoms with van der Waals surface area (Å²) < 4.78 is 2.91. The minimum absolute atomic E-state index is 0.0392. The Kier molecular flexibility index (Phi) is 7.50. The van der Waals surface area contributed by atoms with Gasteiger partial charge < -0.3 is 9.67 Å². The van der Waals surface area contributed by atoms with Gasteiger partial charge in [0.25, 0.3) is 0 Å². The summed E-state index contributed by atoms with van der Waals surface area (Å²) in [5.41, 5.74) is 3.33. The number of thioether (sulfide) groups is 1. The molecule has 1 saturated heterocycles. The highest BCUT2D eigenvalue weighted by molar-refractivity contribution is 8.01.